The van der Waals surface area contributed by atoms with Crippen LogP contribution < -0.4 is 10.0 Å². The molecule has 4 nitrogen and oxygen atoms in total. The standard InChI is InChI=1S/C11H16N2O2S/c1-12-8-9-2-6-11(7-3-9)16(14,15)13-10-4-5-10/h2-3,6-7,10,12-13H,4-5,8H2,1H3. The summed E-state index contributed by atoms with van der Waals surface area (Å²) < 4.78 is 26.3. The molecule has 88 valence electrons. The van der Waals surface area contributed by atoms with Crippen molar-refractivity contribution in [3.8, 4) is 0 Å². The molecule has 1 aromatic carbocycles. The van der Waals surface area contributed by atoms with Crippen molar-refractivity contribution in [1.82, 2.24) is 10.0 Å². The van der Waals surface area contributed by atoms with Crippen molar-refractivity contribution in [2.75, 3.05) is 7.05 Å². The Labute approximate surface area is 96.1 Å². The topological polar surface area (TPSA) is 58.2 Å². The van der Waals surface area contributed by atoms with Crippen molar-refractivity contribution in [3.63, 3.8) is 0 Å². The second-order valence-electron chi connectivity index (χ2n) is 4.07. The van der Waals surface area contributed by atoms with E-state index in [0.29, 0.717) is 4.90 Å². The zero-order valence-corrected chi connectivity index (χ0v) is 10.0. The van der Waals surface area contributed by atoms with E-state index in [1.54, 1.807) is 12.1 Å². The molecule has 1 aliphatic rings. The Morgan fingerprint density at radius 3 is 2.38 bits per heavy atom. The van der Waals surface area contributed by atoms with Gasteiger partial charge in [0.1, 0.15) is 0 Å². The predicted molar refractivity (Wildman–Crippen MR) is 62.5 cm³/mol. The Kier molecular flexibility index (Phi) is 3.28. The lowest BCUT2D eigenvalue weighted by molar-refractivity contribution is 0.581. The number of benzene rings is 1. The quantitative estimate of drug-likeness (QED) is 0.802. The minimum absolute atomic E-state index is 0.155. The Morgan fingerprint density at radius 1 is 1.25 bits per heavy atom. The summed E-state index contributed by atoms with van der Waals surface area (Å²) in [5.41, 5.74) is 1.08. The van der Waals surface area contributed by atoms with Crippen molar-refractivity contribution < 1.29 is 8.42 Å². The molecule has 1 saturated carbocycles. The fourth-order valence-corrected chi connectivity index (χ4v) is 2.78. The van der Waals surface area contributed by atoms with Gasteiger partial charge in [0.2, 0.25) is 10.0 Å². The molecule has 0 spiro atoms. The van der Waals surface area contributed by atoms with Crippen LogP contribution in [-0.2, 0) is 16.6 Å². The average molecular weight is 240 g/mol. The fourth-order valence-electron chi connectivity index (χ4n) is 1.48. The summed E-state index contributed by atoms with van der Waals surface area (Å²) in [5.74, 6) is 0. The van der Waals surface area contributed by atoms with E-state index in [-0.39, 0.29) is 6.04 Å². The predicted octanol–water partition coefficient (Wildman–Crippen LogP) is 0.847. The fraction of sp³-hybridized carbons (Fsp3) is 0.455. The number of hydrogen-bond acceptors (Lipinski definition) is 3. The van der Waals surface area contributed by atoms with E-state index in [4.69, 9.17) is 0 Å². The van der Waals surface area contributed by atoms with E-state index in [0.717, 1.165) is 24.9 Å². The van der Waals surface area contributed by atoms with Crippen molar-refractivity contribution in [1.29, 1.82) is 0 Å². The van der Waals surface area contributed by atoms with Gasteiger partial charge in [0, 0.05) is 12.6 Å². The lowest BCUT2D eigenvalue weighted by Gasteiger charge is -2.06. The van der Waals surface area contributed by atoms with E-state index >= 15 is 0 Å². The van der Waals surface area contributed by atoms with Crippen LogP contribution in [-0.4, -0.2) is 21.5 Å². The second-order valence-corrected chi connectivity index (χ2v) is 5.78. The molecule has 16 heavy (non-hydrogen) atoms. The zero-order valence-electron chi connectivity index (χ0n) is 9.23. The molecule has 5 heteroatoms. The van der Waals surface area contributed by atoms with Gasteiger partial charge in [-0.15, -0.1) is 0 Å². The zero-order chi connectivity index (χ0) is 11.6. The van der Waals surface area contributed by atoms with Gasteiger partial charge in [0.05, 0.1) is 4.90 Å². The molecule has 0 bridgehead atoms. The van der Waals surface area contributed by atoms with Crippen LogP contribution in [0.5, 0.6) is 0 Å². The molecule has 0 saturated heterocycles. The first-order valence-electron chi connectivity index (χ1n) is 5.38. The third-order valence-electron chi connectivity index (χ3n) is 2.51. The lowest BCUT2D eigenvalue weighted by atomic mass is 10.2. The van der Waals surface area contributed by atoms with Crippen LogP contribution in [0.3, 0.4) is 0 Å². The number of hydrogen-bond donors (Lipinski definition) is 2. The minimum atomic E-state index is -3.30. The highest BCUT2D eigenvalue weighted by atomic mass is 32.2. The SMILES string of the molecule is CNCc1ccc(S(=O)(=O)NC2CC2)cc1. The first kappa shape index (κ1) is 11.6. The molecule has 1 aliphatic carbocycles. The van der Waals surface area contributed by atoms with E-state index < -0.39 is 10.0 Å². The maximum Gasteiger partial charge on any atom is 0.240 e. The highest BCUT2D eigenvalue weighted by molar-refractivity contribution is 7.89. The molecule has 0 aromatic heterocycles. The van der Waals surface area contributed by atoms with E-state index in [9.17, 15) is 8.42 Å². The van der Waals surface area contributed by atoms with Gasteiger partial charge < -0.3 is 5.32 Å². The van der Waals surface area contributed by atoms with Gasteiger partial charge in [-0.2, -0.15) is 0 Å². The molecule has 0 heterocycles. The molecule has 1 aromatic rings. The molecule has 1 fully saturated rings. The third kappa shape index (κ3) is 2.81. The van der Waals surface area contributed by atoms with Crippen molar-refractivity contribution in [2.24, 2.45) is 0 Å². The molecular formula is C11H16N2O2S. The summed E-state index contributed by atoms with van der Waals surface area (Å²) >= 11 is 0. The van der Waals surface area contributed by atoms with Crippen LogP contribution in [0.15, 0.2) is 29.2 Å². The Hall–Kier alpha value is -0.910. The summed E-state index contributed by atoms with van der Waals surface area (Å²) in [6, 6.07) is 7.12. The maximum absolute atomic E-state index is 11.8. The Morgan fingerprint density at radius 2 is 1.88 bits per heavy atom. The van der Waals surface area contributed by atoms with Crippen molar-refractivity contribution in [2.45, 2.75) is 30.3 Å². The highest BCUT2D eigenvalue weighted by Gasteiger charge is 2.27. The van der Waals surface area contributed by atoms with Gasteiger partial charge in [-0.25, -0.2) is 13.1 Å². The molecule has 2 N–H and O–H groups in total. The van der Waals surface area contributed by atoms with Gasteiger partial charge in [-0.3, -0.25) is 0 Å². The number of rotatable bonds is 5. The van der Waals surface area contributed by atoms with Crippen LogP contribution in [0.4, 0.5) is 0 Å². The van der Waals surface area contributed by atoms with Crippen LogP contribution in [0.25, 0.3) is 0 Å². The Balaban J connectivity index is 2.13. The second kappa shape index (κ2) is 4.53. The van der Waals surface area contributed by atoms with Crippen LogP contribution in [0, 0.1) is 0 Å². The van der Waals surface area contributed by atoms with Crippen molar-refractivity contribution in [3.05, 3.63) is 29.8 Å². The largest absolute Gasteiger partial charge is 0.316 e. The van der Waals surface area contributed by atoms with Gasteiger partial charge in [-0.05, 0) is 37.6 Å². The lowest BCUT2D eigenvalue weighted by Crippen LogP contribution is -2.25. The van der Waals surface area contributed by atoms with Crippen LogP contribution in [0.2, 0.25) is 0 Å². The first-order chi connectivity index (χ1) is 7.62. The molecule has 2 rings (SSSR count). The summed E-state index contributed by atoms with van der Waals surface area (Å²) in [6.07, 6.45) is 1.91. The number of sulfonamides is 1. The molecule has 0 amide bonds. The van der Waals surface area contributed by atoms with E-state index in [2.05, 4.69) is 10.0 Å². The normalized spacial score (nSPS) is 16.3. The smallest absolute Gasteiger partial charge is 0.240 e. The third-order valence-corrected chi connectivity index (χ3v) is 4.05. The van der Waals surface area contributed by atoms with Crippen LogP contribution in [0.1, 0.15) is 18.4 Å². The monoisotopic (exact) mass is 240 g/mol. The van der Waals surface area contributed by atoms with E-state index in [1.165, 1.54) is 0 Å². The molecule has 0 unspecified atom stereocenters. The average Bonchev–Trinajstić information content (AvgIpc) is 3.02. The summed E-state index contributed by atoms with van der Waals surface area (Å²) in [6.45, 7) is 0.746. The van der Waals surface area contributed by atoms with Gasteiger partial charge >= 0.3 is 0 Å². The van der Waals surface area contributed by atoms with E-state index in [1.807, 2.05) is 19.2 Å². The maximum atomic E-state index is 11.8. The summed E-state index contributed by atoms with van der Waals surface area (Å²) in [4.78, 5) is 0.347. The molecular weight excluding hydrogens is 224 g/mol. The van der Waals surface area contributed by atoms with Gasteiger partial charge in [-0.1, -0.05) is 12.1 Å². The van der Waals surface area contributed by atoms with Gasteiger partial charge in [0.15, 0.2) is 0 Å². The summed E-state index contributed by atoms with van der Waals surface area (Å²) in [7, 11) is -1.44. The number of nitrogens with one attached hydrogen (secondary N) is 2. The van der Waals surface area contributed by atoms with Crippen molar-refractivity contribution >= 4 is 10.0 Å². The molecule has 0 aliphatic heterocycles. The first-order valence-corrected chi connectivity index (χ1v) is 6.86. The molecule has 0 atom stereocenters. The van der Waals surface area contributed by atoms with Gasteiger partial charge in [0.25, 0.3) is 0 Å². The van der Waals surface area contributed by atoms with Crippen LogP contribution >= 0.6 is 0 Å². The molecule has 0 radical (unpaired) electrons. The summed E-state index contributed by atoms with van der Waals surface area (Å²) in [5, 5.41) is 3.02. The Bertz CT molecular complexity index is 449. The minimum Gasteiger partial charge on any atom is -0.316 e. The highest BCUT2D eigenvalue weighted by Crippen LogP contribution is 2.22.